The fourth-order valence-electron chi connectivity index (χ4n) is 3.17. The van der Waals surface area contributed by atoms with E-state index in [0.29, 0.717) is 11.1 Å². The minimum atomic E-state index is -0.682. The van der Waals surface area contributed by atoms with Crippen molar-refractivity contribution in [3.05, 3.63) is 23.8 Å². The molecule has 0 bridgehead atoms. The maximum absolute atomic E-state index is 10.4. The SMILES string of the molecule is [B]c1c([B])c(-c2cc(C)cc(-c3c(O)c([B])c([B])c(O)c3O)c2)c(O)c([B])c1O. The van der Waals surface area contributed by atoms with Gasteiger partial charge in [0.25, 0.3) is 0 Å². The van der Waals surface area contributed by atoms with Crippen LogP contribution < -0.4 is 27.3 Å². The van der Waals surface area contributed by atoms with E-state index in [1.54, 1.807) is 19.1 Å². The summed E-state index contributed by atoms with van der Waals surface area (Å²) in [6, 6.07) is 4.69. The summed E-state index contributed by atoms with van der Waals surface area (Å²) in [6.45, 7) is 1.71. The lowest BCUT2D eigenvalue weighted by atomic mass is 9.71. The van der Waals surface area contributed by atoms with Crippen molar-refractivity contribution < 1.29 is 25.5 Å². The maximum Gasteiger partial charge on any atom is 0.168 e. The highest BCUT2D eigenvalue weighted by Crippen LogP contribution is 2.42. The van der Waals surface area contributed by atoms with Gasteiger partial charge in [0.05, 0.1) is 5.56 Å². The van der Waals surface area contributed by atoms with Crippen molar-refractivity contribution in [3.8, 4) is 51.0 Å². The van der Waals surface area contributed by atoms with Crippen molar-refractivity contribution in [1.82, 2.24) is 0 Å². The van der Waals surface area contributed by atoms with E-state index in [9.17, 15) is 25.5 Å². The second kappa shape index (κ2) is 7.10. The van der Waals surface area contributed by atoms with E-state index in [-0.39, 0.29) is 44.0 Å². The second-order valence-electron chi connectivity index (χ2n) is 6.65. The van der Waals surface area contributed by atoms with Gasteiger partial charge in [0.15, 0.2) is 11.5 Å². The lowest BCUT2D eigenvalue weighted by Crippen LogP contribution is -2.32. The zero-order chi connectivity index (χ0) is 21.8. The Morgan fingerprint density at radius 2 is 0.931 bits per heavy atom. The van der Waals surface area contributed by atoms with E-state index in [1.165, 1.54) is 6.07 Å². The Balaban J connectivity index is 2.37. The number of aryl methyl sites for hydroxylation is 1. The van der Waals surface area contributed by atoms with Crippen LogP contribution in [-0.2, 0) is 0 Å². The minimum Gasteiger partial charge on any atom is -0.509 e. The van der Waals surface area contributed by atoms with Gasteiger partial charge in [-0.25, -0.2) is 0 Å². The topological polar surface area (TPSA) is 101 Å². The number of hydrogen-bond acceptors (Lipinski definition) is 5. The van der Waals surface area contributed by atoms with Crippen LogP contribution in [0.4, 0.5) is 0 Å². The first kappa shape index (κ1) is 20.7. The highest BCUT2D eigenvalue weighted by atomic mass is 16.3. The van der Waals surface area contributed by atoms with Gasteiger partial charge in [-0.2, -0.15) is 0 Å². The van der Waals surface area contributed by atoms with E-state index in [0.717, 1.165) is 0 Å². The van der Waals surface area contributed by atoms with Gasteiger partial charge in [-0.05, 0) is 35.1 Å². The van der Waals surface area contributed by atoms with Gasteiger partial charge in [0.1, 0.15) is 56.5 Å². The van der Waals surface area contributed by atoms with Crippen LogP contribution in [0.25, 0.3) is 22.3 Å². The third kappa shape index (κ3) is 3.13. The van der Waals surface area contributed by atoms with Crippen LogP contribution in [-0.4, -0.2) is 64.8 Å². The van der Waals surface area contributed by atoms with Crippen molar-refractivity contribution >= 4 is 66.5 Å². The van der Waals surface area contributed by atoms with E-state index < -0.39 is 28.7 Å². The van der Waals surface area contributed by atoms with Crippen molar-refractivity contribution in [2.24, 2.45) is 0 Å². The molecular weight excluding hydrogens is 362 g/mol. The molecule has 3 rings (SSSR count). The first-order chi connectivity index (χ1) is 13.5. The highest BCUT2D eigenvalue weighted by Gasteiger charge is 2.22. The largest absolute Gasteiger partial charge is 0.509 e. The summed E-state index contributed by atoms with van der Waals surface area (Å²) in [5.41, 5.74) is -0.270. The number of aromatic hydroxyl groups is 5. The highest BCUT2D eigenvalue weighted by molar-refractivity contribution is 6.55. The predicted molar refractivity (Wildman–Crippen MR) is 117 cm³/mol. The van der Waals surface area contributed by atoms with Crippen molar-refractivity contribution in [2.75, 3.05) is 0 Å². The van der Waals surface area contributed by atoms with Crippen LogP contribution in [0.3, 0.4) is 0 Å². The molecule has 0 aliphatic heterocycles. The van der Waals surface area contributed by atoms with Gasteiger partial charge in [0.2, 0.25) is 0 Å². The van der Waals surface area contributed by atoms with Crippen LogP contribution in [0.5, 0.6) is 28.7 Å². The molecular formula is C19H11B5O5. The Bertz CT molecular complexity index is 1030. The molecule has 0 atom stereocenters. The predicted octanol–water partition coefficient (Wildman–Crippen LogP) is -2.17. The van der Waals surface area contributed by atoms with Gasteiger partial charge in [-0.15, -0.1) is 0 Å². The second-order valence-corrected chi connectivity index (χ2v) is 6.65. The van der Waals surface area contributed by atoms with Gasteiger partial charge >= 0.3 is 0 Å². The Labute approximate surface area is 174 Å². The van der Waals surface area contributed by atoms with Crippen molar-refractivity contribution in [2.45, 2.75) is 6.92 Å². The molecule has 29 heavy (non-hydrogen) atoms. The Morgan fingerprint density at radius 1 is 0.483 bits per heavy atom. The van der Waals surface area contributed by atoms with Crippen molar-refractivity contribution in [1.29, 1.82) is 0 Å². The van der Waals surface area contributed by atoms with Crippen LogP contribution in [0.2, 0.25) is 0 Å². The smallest absolute Gasteiger partial charge is 0.168 e. The molecule has 3 aromatic carbocycles. The average Bonchev–Trinajstić information content (AvgIpc) is 2.67. The molecule has 0 fully saturated rings. The quantitative estimate of drug-likeness (QED) is 0.200. The number of benzene rings is 3. The van der Waals surface area contributed by atoms with Crippen LogP contribution >= 0.6 is 0 Å². The number of phenols is 5. The summed E-state index contributed by atoms with van der Waals surface area (Å²) >= 11 is 0. The molecule has 0 aliphatic carbocycles. The van der Waals surface area contributed by atoms with E-state index in [2.05, 4.69) is 0 Å². The molecule has 0 saturated heterocycles. The molecule has 0 saturated carbocycles. The van der Waals surface area contributed by atoms with Gasteiger partial charge < -0.3 is 25.5 Å². The molecule has 10 heteroatoms. The summed E-state index contributed by atoms with van der Waals surface area (Å²) in [4.78, 5) is 0. The summed E-state index contributed by atoms with van der Waals surface area (Å²) in [5.74, 6) is -2.91. The number of rotatable bonds is 2. The molecule has 0 unspecified atom stereocenters. The molecule has 0 aliphatic rings. The lowest BCUT2D eigenvalue weighted by Gasteiger charge is -2.20. The molecule has 132 valence electrons. The number of hydrogen-bond donors (Lipinski definition) is 5. The minimum absolute atomic E-state index is 0.0503. The molecule has 10 radical (unpaired) electrons. The molecule has 5 N–H and O–H groups in total. The molecule has 0 aromatic heterocycles. The Hall–Kier alpha value is -3.02. The standard InChI is InChI=1S/C19H11B5O5/c1-5-2-6(8-10(20)11(21)18(28)14(24)15(8)25)4-7(3-5)9-16(26)12(22)13(23)19(29)17(9)27/h2-4,25-29H,1H3. The van der Waals surface area contributed by atoms with Crippen LogP contribution in [0.1, 0.15) is 5.56 Å². The molecule has 0 heterocycles. The monoisotopic (exact) mass is 374 g/mol. The Morgan fingerprint density at radius 3 is 1.52 bits per heavy atom. The molecule has 5 nitrogen and oxygen atoms in total. The summed E-state index contributed by atoms with van der Waals surface area (Å²) in [6.07, 6.45) is 0. The van der Waals surface area contributed by atoms with Crippen LogP contribution in [0, 0.1) is 6.92 Å². The first-order valence-corrected chi connectivity index (χ1v) is 8.29. The van der Waals surface area contributed by atoms with Crippen molar-refractivity contribution in [3.63, 3.8) is 0 Å². The third-order valence-electron chi connectivity index (χ3n) is 4.71. The van der Waals surface area contributed by atoms with Crippen LogP contribution in [0.15, 0.2) is 18.2 Å². The zero-order valence-corrected chi connectivity index (χ0v) is 15.4. The lowest BCUT2D eigenvalue weighted by molar-refractivity contribution is 0.403. The van der Waals surface area contributed by atoms with Gasteiger partial charge in [0, 0.05) is 5.56 Å². The molecule has 3 aromatic rings. The fourth-order valence-corrected chi connectivity index (χ4v) is 3.17. The third-order valence-corrected chi connectivity index (χ3v) is 4.71. The fraction of sp³-hybridized carbons (Fsp3) is 0.0526. The van der Waals surface area contributed by atoms with E-state index in [4.69, 9.17) is 39.2 Å². The molecule has 0 amide bonds. The average molecular weight is 373 g/mol. The van der Waals surface area contributed by atoms with E-state index >= 15 is 0 Å². The van der Waals surface area contributed by atoms with E-state index in [1.807, 2.05) is 0 Å². The normalized spacial score (nSPS) is 10.9. The maximum atomic E-state index is 10.4. The summed E-state index contributed by atoms with van der Waals surface area (Å²) in [7, 11) is 28.7. The first-order valence-electron chi connectivity index (χ1n) is 8.29. The zero-order valence-electron chi connectivity index (χ0n) is 15.4. The van der Waals surface area contributed by atoms with Gasteiger partial charge in [-0.3, -0.25) is 0 Å². The van der Waals surface area contributed by atoms with Gasteiger partial charge in [-0.1, -0.05) is 34.0 Å². The number of phenolic OH excluding ortho intramolecular Hbond substituents is 5. The Kier molecular flexibility index (Phi) is 5.07. The molecule has 0 spiro atoms. The summed E-state index contributed by atoms with van der Waals surface area (Å²) < 4.78 is 0. The summed E-state index contributed by atoms with van der Waals surface area (Å²) in [5, 5.41) is 51.0.